The summed E-state index contributed by atoms with van der Waals surface area (Å²) in [7, 11) is -1.45. The van der Waals surface area contributed by atoms with Gasteiger partial charge in [0.15, 0.2) is 5.78 Å². The number of amides is 1. The molecule has 0 saturated heterocycles. The van der Waals surface area contributed by atoms with Gasteiger partial charge in [-0.05, 0) is 59.7 Å². The first-order chi connectivity index (χ1) is 16.5. The quantitative estimate of drug-likeness (QED) is 0.249. The van der Waals surface area contributed by atoms with Crippen LogP contribution in [0.25, 0.3) is 0 Å². The number of carbonyl (C=O) groups is 2. The Morgan fingerprint density at radius 1 is 1.00 bits per heavy atom. The first-order valence-corrected chi connectivity index (χ1v) is 13.4. The summed E-state index contributed by atoms with van der Waals surface area (Å²) < 4.78 is 24.1. The highest BCUT2D eigenvalue weighted by molar-refractivity contribution is 7.84. The molecule has 3 atom stereocenters. The van der Waals surface area contributed by atoms with Gasteiger partial charge < -0.3 is 5.32 Å². The maximum absolute atomic E-state index is 13.2. The predicted octanol–water partition coefficient (Wildman–Crippen LogP) is 6.82. The molecule has 3 aromatic rings. The number of alkyl halides is 2. The molecule has 35 heavy (non-hydrogen) atoms. The summed E-state index contributed by atoms with van der Waals surface area (Å²) in [6.07, 6.45) is 1.44. The first kappa shape index (κ1) is 26.1. The molecule has 10 heteroatoms. The number of hydrogen-bond donors (Lipinski definition) is 1. The second kappa shape index (κ2) is 10.2. The molecule has 0 heterocycles. The van der Waals surface area contributed by atoms with Gasteiger partial charge >= 0.3 is 0 Å². The van der Waals surface area contributed by atoms with E-state index in [4.69, 9.17) is 46.4 Å². The lowest BCUT2D eigenvalue weighted by Gasteiger charge is -2.11. The van der Waals surface area contributed by atoms with E-state index >= 15 is 0 Å². The Hall–Kier alpha value is -1.96. The number of nitrogens with one attached hydrogen (secondary N) is 1. The summed E-state index contributed by atoms with van der Waals surface area (Å²) in [5.74, 6) is -2.48. The van der Waals surface area contributed by atoms with Crippen molar-refractivity contribution in [2.45, 2.75) is 21.6 Å². The van der Waals surface area contributed by atoms with Crippen molar-refractivity contribution in [2.75, 3.05) is 11.6 Å². The van der Waals surface area contributed by atoms with Crippen molar-refractivity contribution < 1.29 is 18.2 Å². The van der Waals surface area contributed by atoms with Crippen LogP contribution in [-0.2, 0) is 22.0 Å². The Labute approximate surface area is 224 Å². The van der Waals surface area contributed by atoms with Crippen LogP contribution in [0.3, 0.4) is 0 Å². The van der Waals surface area contributed by atoms with Crippen molar-refractivity contribution in [3.05, 3.63) is 93.2 Å². The lowest BCUT2D eigenvalue weighted by atomic mass is 10.0. The third kappa shape index (κ3) is 5.73. The first-order valence-electron chi connectivity index (χ1n) is 10.4. The van der Waals surface area contributed by atoms with Crippen molar-refractivity contribution in [1.29, 1.82) is 0 Å². The fourth-order valence-corrected chi connectivity index (χ4v) is 6.11. The van der Waals surface area contributed by atoms with Crippen LogP contribution in [0.5, 0.6) is 0 Å². The Bertz CT molecular complexity index is 1330. The molecule has 0 bridgehead atoms. The van der Waals surface area contributed by atoms with Crippen molar-refractivity contribution in [1.82, 2.24) is 0 Å². The highest BCUT2D eigenvalue weighted by atomic mass is 35.5. The minimum absolute atomic E-state index is 0.0193. The molecule has 1 aliphatic carbocycles. The van der Waals surface area contributed by atoms with E-state index in [0.29, 0.717) is 31.8 Å². The zero-order valence-corrected chi connectivity index (χ0v) is 22.0. The van der Waals surface area contributed by atoms with Crippen LogP contribution in [0.15, 0.2) is 65.6 Å². The van der Waals surface area contributed by atoms with E-state index in [1.165, 1.54) is 42.7 Å². The molecule has 0 aromatic heterocycles. The van der Waals surface area contributed by atoms with Crippen molar-refractivity contribution in [2.24, 2.45) is 5.92 Å². The fraction of sp³-hybridized carbons (Fsp3) is 0.200. The molecule has 1 amide bonds. The largest absolute Gasteiger partial charge is 0.326 e. The van der Waals surface area contributed by atoms with Gasteiger partial charge in [-0.2, -0.15) is 0 Å². The standard InChI is InChI=1S/C25H18Cl4FNO3S/c1-35(34)21-7-6-18(12-19(21)20(32)8-13-2-4-17(30)5-3-13)31-24(33)23-22(25(23,28)29)14-9-15(26)11-16(27)10-14/h2-7,9-12,22-23H,8H2,1H3,(H,31,33). The summed E-state index contributed by atoms with van der Waals surface area (Å²) in [5, 5.41) is 3.54. The molecule has 4 nitrogen and oxygen atoms in total. The Balaban J connectivity index is 1.56. The zero-order valence-electron chi connectivity index (χ0n) is 18.2. The summed E-state index contributed by atoms with van der Waals surface area (Å²) in [4.78, 5) is 26.4. The summed E-state index contributed by atoms with van der Waals surface area (Å²) in [6, 6.07) is 15.0. The van der Waals surface area contributed by atoms with Gasteiger partial charge in [0.2, 0.25) is 5.91 Å². The normalized spacial score (nSPS) is 19.1. The van der Waals surface area contributed by atoms with Gasteiger partial charge in [0.1, 0.15) is 10.2 Å². The SMILES string of the molecule is CS(=O)c1ccc(NC(=O)C2C(c3cc(Cl)cc(Cl)c3)C2(Cl)Cl)cc1C(=O)Cc1ccc(F)cc1. The number of carbonyl (C=O) groups excluding carboxylic acids is 2. The van der Waals surface area contributed by atoms with Crippen LogP contribution < -0.4 is 5.32 Å². The number of anilines is 1. The molecule has 3 aromatic carbocycles. The third-order valence-corrected chi connectivity index (χ3v) is 8.07. The van der Waals surface area contributed by atoms with Gasteiger partial charge in [0.05, 0.1) is 16.7 Å². The summed E-state index contributed by atoms with van der Waals surface area (Å²) in [6.45, 7) is 0. The Morgan fingerprint density at radius 2 is 1.63 bits per heavy atom. The fourth-order valence-electron chi connectivity index (χ4n) is 4.00. The van der Waals surface area contributed by atoms with Crippen molar-refractivity contribution >= 4 is 74.6 Å². The van der Waals surface area contributed by atoms with Gasteiger partial charge in [0.25, 0.3) is 0 Å². The molecule has 3 unspecified atom stereocenters. The molecule has 4 rings (SSSR count). The molecule has 1 N–H and O–H groups in total. The second-order valence-corrected chi connectivity index (χ2v) is 11.9. The molecule has 182 valence electrons. The van der Waals surface area contributed by atoms with Crippen LogP contribution in [0.2, 0.25) is 10.0 Å². The minimum Gasteiger partial charge on any atom is -0.326 e. The summed E-state index contributed by atoms with van der Waals surface area (Å²) in [5.41, 5.74) is 1.77. The molecule has 0 radical (unpaired) electrons. The molecule has 1 saturated carbocycles. The average Bonchev–Trinajstić information content (AvgIpc) is 3.36. The van der Waals surface area contributed by atoms with Crippen LogP contribution in [0.1, 0.15) is 27.4 Å². The lowest BCUT2D eigenvalue weighted by Crippen LogP contribution is -2.18. The molecule has 1 aliphatic rings. The molecular weight excluding hydrogens is 555 g/mol. The number of ketones is 1. The van der Waals surface area contributed by atoms with E-state index in [1.807, 2.05) is 0 Å². The number of hydrogen-bond acceptors (Lipinski definition) is 3. The smallest absolute Gasteiger partial charge is 0.231 e. The van der Waals surface area contributed by atoms with Gasteiger partial charge in [0, 0.05) is 44.8 Å². The predicted molar refractivity (Wildman–Crippen MR) is 139 cm³/mol. The Kier molecular flexibility index (Phi) is 7.60. The number of halogens is 5. The van der Waals surface area contributed by atoms with E-state index in [9.17, 15) is 18.2 Å². The minimum atomic E-state index is -1.45. The van der Waals surface area contributed by atoms with E-state index in [-0.39, 0.29) is 17.8 Å². The van der Waals surface area contributed by atoms with Gasteiger partial charge in [-0.3, -0.25) is 13.8 Å². The topological polar surface area (TPSA) is 63.2 Å². The van der Waals surface area contributed by atoms with Gasteiger partial charge in [-0.25, -0.2) is 4.39 Å². The molecule has 1 fully saturated rings. The highest BCUT2D eigenvalue weighted by Gasteiger charge is 2.67. The Morgan fingerprint density at radius 3 is 2.23 bits per heavy atom. The maximum Gasteiger partial charge on any atom is 0.231 e. The van der Waals surface area contributed by atoms with E-state index < -0.39 is 38.7 Å². The van der Waals surface area contributed by atoms with Crippen molar-refractivity contribution in [3.63, 3.8) is 0 Å². The maximum atomic E-state index is 13.2. The zero-order chi connectivity index (χ0) is 25.5. The molecule has 0 spiro atoms. The number of rotatable bonds is 7. The average molecular weight is 573 g/mol. The lowest BCUT2D eigenvalue weighted by molar-refractivity contribution is -0.117. The van der Waals surface area contributed by atoms with E-state index in [0.717, 1.165) is 0 Å². The molecule has 0 aliphatic heterocycles. The van der Waals surface area contributed by atoms with Crippen LogP contribution >= 0.6 is 46.4 Å². The van der Waals surface area contributed by atoms with Gasteiger partial charge in [-0.1, -0.05) is 35.3 Å². The van der Waals surface area contributed by atoms with Crippen molar-refractivity contribution in [3.8, 4) is 0 Å². The second-order valence-electron chi connectivity index (χ2n) is 8.21. The van der Waals surface area contributed by atoms with Crippen LogP contribution in [0.4, 0.5) is 10.1 Å². The number of benzene rings is 3. The van der Waals surface area contributed by atoms with Crippen LogP contribution in [0, 0.1) is 11.7 Å². The number of Topliss-reactive ketones (excluding diaryl/α,β-unsaturated/α-hetero) is 1. The monoisotopic (exact) mass is 571 g/mol. The highest BCUT2D eigenvalue weighted by Crippen LogP contribution is 2.65. The summed E-state index contributed by atoms with van der Waals surface area (Å²) >= 11 is 25.0. The van der Waals surface area contributed by atoms with E-state index in [2.05, 4.69) is 5.32 Å². The van der Waals surface area contributed by atoms with Gasteiger partial charge in [-0.15, -0.1) is 23.2 Å². The molecular formula is C25H18Cl4FNO3S. The third-order valence-electron chi connectivity index (χ3n) is 5.72. The van der Waals surface area contributed by atoms with E-state index in [1.54, 1.807) is 24.3 Å². The van der Waals surface area contributed by atoms with Crippen LogP contribution in [-0.4, -0.2) is 26.5 Å².